The van der Waals surface area contributed by atoms with E-state index in [1.807, 2.05) is 0 Å². The van der Waals surface area contributed by atoms with Gasteiger partial charge in [-0.2, -0.15) is 0 Å². The summed E-state index contributed by atoms with van der Waals surface area (Å²) in [6.45, 7) is 1.88. The van der Waals surface area contributed by atoms with Gasteiger partial charge in [-0.25, -0.2) is 0 Å². The summed E-state index contributed by atoms with van der Waals surface area (Å²) in [5, 5.41) is 11.0. The quantitative estimate of drug-likeness (QED) is 0.477. The number of aromatic nitrogens is 1. The minimum atomic E-state index is -0.482. The van der Waals surface area contributed by atoms with Crippen molar-refractivity contribution < 1.29 is 14.5 Å². The van der Waals surface area contributed by atoms with Crippen molar-refractivity contribution in [3.63, 3.8) is 0 Å². The van der Waals surface area contributed by atoms with Gasteiger partial charge in [0.2, 0.25) is 0 Å². The molecule has 1 aromatic heterocycles. The Labute approximate surface area is 115 Å². The van der Waals surface area contributed by atoms with Gasteiger partial charge in [-0.15, -0.1) is 0 Å². The van der Waals surface area contributed by atoms with Crippen molar-refractivity contribution in [2.45, 2.75) is 13.5 Å². The fourth-order valence-corrected chi connectivity index (χ4v) is 2.04. The first kappa shape index (κ1) is 13.8. The molecule has 0 atom stereocenters. The number of methoxy groups -OCH3 is 1. The molecule has 0 aliphatic carbocycles. The highest BCUT2D eigenvalue weighted by Crippen LogP contribution is 2.28. The van der Waals surface area contributed by atoms with Crippen molar-refractivity contribution in [2.75, 3.05) is 7.11 Å². The Balaban J connectivity index is 2.34. The molecule has 1 heterocycles. The third-order valence-electron chi connectivity index (χ3n) is 2.98. The predicted octanol–water partition coefficient (Wildman–Crippen LogP) is 2.66. The summed E-state index contributed by atoms with van der Waals surface area (Å²) < 4.78 is 6.71. The first-order valence-electron chi connectivity index (χ1n) is 6.00. The molecule has 0 N–H and O–H groups in total. The monoisotopic (exact) mass is 274 g/mol. The number of benzene rings is 1. The molecular formula is C14H14N2O4. The summed E-state index contributed by atoms with van der Waals surface area (Å²) in [4.78, 5) is 21.9. The smallest absolute Gasteiger partial charge is 0.311 e. The molecule has 0 fully saturated rings. The number of carbonyl (C=O) groups is 1. The van der Waals surface area contributed by atoms with Gasteiger partial charge < -0.3 is 9.30 Å². The topological polar surface area (TPSA) is 74.4 Å². The molecule has 2 aromatic rings. The van der Waals surface area contributed by atoms with Crippen LogP contribution in [-0.4, -0.2) is 22.4 Å². The molecule has 0 amide bonds. The predicted molar refractivity (Wildman–Crippen MR) is 73.2 cm³/mol. The normalized spacial score (nSPS) is 10.3. The SMILES string of the molecule is COc1ccc(Cn2cccc2C(C)=O)cc1[N+](=O)[O-]. The molecule has 0 aliphatic rings. The second-order valence-electron chi connectivity index (χ2n) is 4.34. The Morgan fingerprint density at radius 1 is 1.40 bits per heavy atom. The van der Waals surface area contributed by atoms with Gasteiger partial charge >= 0.3 is 5.69 Å². The molecule has 1 aromatic carbocycles. The van der Waals surface area contributed by atoms with Gasteiger partial charge in [0.25, 0.3) is 0 Å². The van der Waals surface area contributed by atoms with Crippen LogP contribution in [0.15, 0.2) is 36.5 Å². The van der Waals surface area contributed by atoms with Crippen molar-refractivity contribution in [3.05, 3.63) is 57.9 Å². The fraction of sp³-hybridized carbons (Fsp3) is 0.214. The highest BCUT2D eigenvalue weighted by Gasteiger charge is 2.15. The summed E-state index contributed by atoms with van der Waals surface area (Å²) in [5.41, 5.74) is 1.22. The van der Waals surface area contributed by atoms with E-state index in [0.717, 1.165) is 5.56 Å². The lowest BCUT2D eigenvalue weighted by molar-refractivity contribution is -0.385. The van der Waals surface area contributed by atoms with Crippen LogP contribution in [0.5, 0.6) is 5.75 Å². The maximum atomic E-state index is 11.4. The second kappa shape index (κ2) is 5.56. The summed E-state index contributed by atoms with van der Waals surface area (Å²) in [5.74, 6) is 0.177. The van der Waals surface area contributed by atoms with Gasteiger partial charge in [-0.05, 0) is 23.8 Å². The van der Waals surface area contributed by atoms with E-state index in [1.54, 1.807) is 35.0 Å². The Bertz CT molecular complexity index is 661. The number of hydrogen-bond acceptors (Lipinski definition) is 4. The first-order chi connectivity index (χ1) is 9.52. The number of rotatable bonds is 5. The van der Waals surface area contributed by atoms with Crippen LogP contribution in [0.1, 0.15) is 23.0 Å². The lowest BCUT2D eigenvalue weighted by Crippen LogP contribution is -2.07. The van der Waals surface area contributed by atoms with E-state index in [4.69, 9.17) is 4.74 Å². The van der Waals surface area contributed by atoms with Crippen molar-refractivity contribution in [2.24, 2.45) is 0 Å². The van der Waals surface area contributed by atoms with Crippen LogP contribution in [0.25, 0.3) is 0 Å². The number of carbonyl (C=O) groups excluding carboxylic acids is 1. The maximum Gasteiger partial charge on any atom is 0.311 e. The number of nitrogens with zero attached hydrogens (tertiary/aromatic N) is 2. The molecule has 104 valence electrons. The standard InChI is InChI=1S/C14H14N2O4/c1-10(17)12-4-3-7-15(12)9-11-5-6-14(20-2)13(8-11)16(18)19/h3-8H,9H2,1-2H3. The van der Waals surface area contributed by atoms with Gasteiger partial charge in [-0.3, -0.25) is 14.9 Å². The van der Waals surface area contributed by atoms with Gasteiger partial charge in [0.1, 0.15) is 0 Å². The van der Waals surface area contributed by atoms with Crippen LogP contribution >= 0.6 is 0 Å². The van der Waals surface area contributed by atoms with Crippen LogP contribution in [0.4, 0.5) is 5.69 Å². The zero-order chi connectivity index (χ0) is 14.7. The molecule has 20 heavy (non-hydrogen) atoms. The number of ether oxygens (including phenoxy) is 1. The van der Waals surface area contributed by atoms with Gasteiger partial charge in [0.15, 0.2) is 11.5 Å². The average Bonchev–Trinajstić information content (AvgIpc) is 2.87. The summed E-state index contributed by atoms with van der Waals surface area (Å²) in [6, 6.07) is 8.26. The molecule has 6 nitrogen and oxygen atoms in total. The highest BCUT2D eigenvalue weighted by molar-refractivity contribution is 5.92. The molecule has 0 aliphatic heterocycles. The molecule has 0 unspecified atom stereocenters. The average molecular weight is 274 g/mol. The van der Waals surface area contributed by atoms with E-state index >= 15 is 0 Å². The summed E-state index contributed by atoms with van der Waals surface area (Å²) in [7, 11) is 1.39. The van der Waals surface area contributed by atoms with E-state index < -0.39 is 4.92 Å². The molecule has 0 radical (unpaired) electrons. The number of nitro benzene ring substituents is 1. The van der Waals surface area contributed by atoms with Crippen LogP contribution in [-0.2, 0) is 6.54 Å². The fourth-order valence-electron chi connectivity index (χ4n) is 2.04. The zero-order valence-corrected chi connectivity index (χ0v) is 11.2. The third kappa shape index (κ3) is 2.69. The van der Waals surface area contributed by atoms with Crippen molar-refractivity contribution in [3.8, 4) is 5.75 Å². The van der Waals surface area contributed by atoms with Gasteiger partial charge in [0.05, 0.1) is 17.7 Å². The second-order valence-corrected chi connectivity index (χ2v) is 4.34. The van der Waals surface area contributed by atoms with E-state index in [9.17, 15) is 14.9 Å². The van der Waals surface area contributed by atoms with Crippen molar-refractivity contribution >= 4 is 11.5 Å². The molecule has 0 spiro atoms. The third-order valence-corrected chi connectivity index (χ3v) is 2.98. The molecule has 2 rings (SSSR count). The first-order valence-corrected chi connectivity index (χ1v) is 6.00. The zero-order valence-electron chi connectivity index (χ0n) is 11.2. The number of Topliss-reactive ketones (excluding diaryl/α,β-unsaturated/α-hetero) is 1. The number of ketones is 1. The lowest BCUT2D eigenvalue weighted by Gasteiger charge is -2.08. The molecule has 0 saturated heterocycles. The van der Waals surface area contributed by atoms with E-state index in [1.165, 1.54) is 20.1 Å². The Morgan fingerprint density at radius 2 is 2.15 bits per heavy atom. The van der Waals surface area contributed by atoms with Crippen LogP contribution in [0.2, 0.25) is 0 Å². The molecular weight excluding hydrogens is 260 g/mol. The van der Waals surface area contributed by atoms with Crippen molar-refractivity contribution in [1.82, 2.24) is 4.57 Å². The largest absolute Gasteiger partial charge is 0.490 e. The highest BCUT2D eigenvalue weighted by atomic mass is 16.6. The van der Waals surface area contributed by atoms with Crippen molar-refractivity contribution in [1.29, 1.82) is 0 Å². The van der Waals surface area contributed by atoms with Crippen LogP contribution in [0.3, 0.4) is 0 Å². The van der Waals surface area contributed by atoms with Crippen LogP contribution < -0.4 is 4.74 Å². The summed E-state index contributed by atoms with van der Waals surface area (Å²) >= 11 is 0. The Hall–Kier alpha value is -2.63. The lowest BCUT2D eigenvalue weighted by atomic mass is 10.2. The molecule has 0 saturated carbocycles. The Morgan fingerprint density at radius 3 is 2.75 bits per heavy atom. The van der Waals surface area contributed by atoms with E-state index in [2.05, 4.69) is 0 Å². The maximum absolute atomic E-state index is 11.4. The molecule has 0 bridgehead atoms. The van der Waals surface area contributed by atoms with E-state index in [-0.39, 0.29) is 17.2 Å². The van der Waals surface area contributed by atoms with Crippen LogP contribution in [0, 0.1) is 10.1 Å². The molecule has 6 heteroatoms. The minimum Gasteiger partial charge on any atom is -0.490 e. The number of nitro groups is 1. The van der Waals surface area contributed by atoms with Gasteiger partial charge in [0, 0.05) is 25.7 Å². The van der Waals surface area contributed by atoms with Gasteiger partial charge in [-0.1, -0.05) is 6.07 Å². The minimum absolute atomic E-state index is 0.0435. The summed E-state index contributed by atoms with van der Waals surface area (Å²) in [6.07, 6.45) is 1.77. The Kier molecular flexibility index (Phi) is 3.84. The number of hydrogen-bond donors (Lipinski definition) is 0. The van der Waals surface area contributed by atoms with E-state index in [0.29, 0.717) is 12.2 Å².